The molecule has 0 saturated carbocycles. The Morgan fingerprint density at radius 3 is 2.20 bits per heavy atom. The van der Waals surface area contributed by atoms with Crippen LogP contribution in [0.25, 0.3) is 0 Å². The van der Waals surface area contributed by atoms with Gasteiger partial charge in [-0.2, -0.15) is 0 Å². The summed E-state index contributed by atoms with van der Waals surface area (Å²) >= 11 is 0. The molecule has 1 aliphatic carbocycles. The number of hydrogen-bond acceptors (Lipinski definition) is 21. The number of anilines is 1. The molecule has 1 aromatic carbocycles. The summed E-state index contributed by atoms with van der Waals surface area (Å²) in [7, 11) is 1.44. The van der Waals surface area contributed by atoms with Crippen LogP contribution < -0.4 is 55.8 Å². The number of ketones is 2. The Morgan fingerprint density at radius 1 is 1.00 bits per heavy atom. The molecule has 5 aliphatic rings. The van der Waals surface area contributed by atoms with E-state index >= 15 is 0 Å². The van der Waals surface area contributed by atoms with Crippen LogP contribution in [0.3, 0.4) is 0 Å². The second-order valence-corrected chi connectivity index (χ2v) is 15.3. The van der Waals surface area contributed by atoms with Gasteiger partial charge < -0.3 is 69.4 Å². The third-order valence-electron chi connectivity index (χ3n) is 11.1. The molecule has 5 N–H and O–H groups in total. The van der Waals surface area contributed by atoms with Gasteiger partial charge in [0.1, 0.15) is 37.2 Å². The average molecular weight is 908 g/mol. The summed E-state index contributed by atoms with van der Waals surface area (Å²) in [6, 6.07) is 3.46. The fourth-order valence-corrected chi connectivity index (χ4v) is 8.67. The fourth-order valence-electron chi connectivity index (χ4n) is 8.67. The number of carbonyl (C=O) groups excluding carboxylic acids is 7. The number of ether oxygens (including phenoxy) is 8. The van der Waals surface area contributed by atoms with Gasteiger partial charge in [0.15, 0.2) is 17.9 Å². The third kappa shape index (κ3) is 9.59. The molecule has 0 spiro atoms. The van der Waals surface area contributed by atoms with Crippen molar-refractivity contribution in [2.45, 2.75) is 102 Å². The van der Waals surface area contributed by atoms with E-state index in [0.29, 0.717) is 6.54 Å². The number of rotatable bonds is 16. The molecule has 23 nitrogen and oxygen atoms in total. The molecule has 4 heterocycles. The number of Topliss-reactive ketones (excluding diaryl/α,β-unsaturated/α-hetero) is 2. The first-order valence-corrected chi connectivity index (χ1v) is 19.5. The second kappa shape index (κ2) is 19.3. The standard InChI is InChI=1S/C40H47N5O18.Na/c1-16-29(33(52)28-24(14-58-38(41)55)40(56-7)36-25(44-36)13-45(40)31(28)32(16)51)43-22-8-10-23(11-9-22)62-39(37(53)54)12-26(59-19(4)48)30(42-17(2)46)35(63-39)34(61-21(6)50)27(60-20(5)49)15-57-18(3)47;/h8-11,24-27,30,34-36,43-44H,12-15H2,1-7H3,(H2,41,55)(H,42,46)(H,53,54);/q;+1/p-1/t24-,25+,26-,27-,30+,34-,35-,36+,39+,40-;/m0./s1. The summed E-state index contributed by atoms with van der Waals surface area (Å²) in [5, 5.41) is 29.5. The number of aliphatic carboxylic acids is 1. The molecule has 3 saturated heterocycles. The third-order valence-corrected chi connectivity index (χ3v) is 11.1. The molecule has 0 unspecified atom stereocenters. The van der Waals surface area contributed by atoms with Gasteiger partial charge in [-0.05, 0) is 44.0 Å². The SMILES string of the molecule is CO[C@@]12[C@@H]3N[C@@H]3CN1C1=C(C(=O)C(Nc3ccc(O[C@]4(C(=O)O)C[C@H](OC(C)=O)[C@@H](N=C(C)[O-])[C@@H]([C@@H](OC(C)=O)[C@H](COC(C)=O)OC(C)=O)O4)cc3)=C(C)C1=O)[C@@H]2COC(N)=O.[Na+]. The zero-order valence-electron chi connectivity index (χ0n) is 36.1. The summed E-state index contributed by atoms with van der Waals surface area (Å²) in [4.78, 5) is 108. The first-order chi connectivity index (χ1) is 29.6. The molecule has 1 amide bonds. The summed E-state index contributed by atoms with van der Waals surface area (Å²) in [5.41, 5.74) is 4.50. The second-order valence-electron chi connectivity index (χ2n) is 15.3. The number of piperazine rings is 1. The molecule has 64 heavy (non-hydrogen) atoms. The Labute approximate surface area is 387 Å². The maximum atomic E-state index is 14.4. The zero-order valence-corrected chi connectivity index (χ0v) is 38.1. The van der Waals surface area contributed by atoms with Crippen LogP contribution >= 0.6 is 0 Å². The number of fused-ring (bicyclic) bond motifs is 4. The van der Waals surface area contributed by atoms with E-state index in [1.165, 1.54) is 38.3 Å². The number of allylic oxidation sites excluding steroid dienone is 2. The molecule has 24 heteroatoms. The molecule has 10 atom stereocenters. The van der Waals surface area contributed by atoms with Gasteiger partial charge in [-0.15, -0.1) is 0 Å². The number of carbonyl (C=O) groups is 8. The number of hydrogen-bond donors (Lipinski definition) is 4. The number of primary amides is 1. The van der Waals surface area contributed by atoms with Crippen LogP contribution in [0.15, 0.2) is 51.8 Å². The fraction of sp³-hybridized carbons (Fsp3) is 0.525. The number of methoxy groups -OCH3 is 1. The molecule has 0 radical (unpaired) electrons. The predicted molar refractivity (Wildman–Crippen MR) is 207 cm³/mol. The summed E-state index contributed by atoms with van der Waals surface area (Å²) in [6.07, 6.45) is -8.91. The van der Waals surface area contributed by atoms with Crippen LogP contribution in [-0.2, 0) is 66.7 Å². The topological polar surface area (TPSA) is 329 Å². The van der Waals surface area contributed by atoms with E-state index in [-0.39, 0.29) is 82.2 Å². The van der Waals surface area contributed by atoms with Crippen LogP contribution in [0.1, 0.15) is 48.0 Å². The normalized spacial score (nSPS) is 28.9. The first kappa shape index (κ1) is 49.4. The molecule has 0 bridgehead atoms. The van der Waals surface area contributed by atoms with Crippen molar-refractivity contribution in [1.29, 1.82) is 0 Å². The van der Waals surface area contributed by atoms with Crippen molar-refractivity contribution in [3.05, 3.63) is 46.8 Å². The smallest absolute Gasteiger partial charge is 0.862 e. The molecular formula is C40H46N5NaO18. The van der Waals surface area contributed by atoms with Crippen LogP contribution in [0.2, 0.25) is 0 Å². The van der Waals surface area contributed by atoms with Crippen molar-refractivity contribution in [3.8, 4) is 5.75 Å². The summed E-state index contributed by atoms with van der Waals surface area (Å²) in [5.74, 6) is -11.3. The van der Waals surface area contributed by atoms with E-state index in [1.54, 1.807) is 4.90 Å². The van der Waals surface area contributed by atoms with Crippen molar-refractivity contribution < 1.29 is 116 Å². The minimum atomic E-state index is -2.80. The van der Waals surface area contributed by atoms with Crippen molar-refractivity contribution >= 4 is 59.1 Å². The Hall–Kier alpha value is -5.59. The van der Waals surface area contributed by atoms with E-state index in [1.807, 2.05) is 0 Å². The molecular weight excluding hydrogens is 861 g/mol. The quantitative estimate of drug-likeness (QED) is 0.0233. The van der Waals surface area contributed by atoms with E-state index in [2.05, 4.69) is 15.6 Å². The molecule has 1 aromatic rings. The Kier molecular flexibility index (Phi) is 14.9. The summed E-state index contributed by atoms with van der Waals surface area (Å²) in [6.45, 7) is 5.82. The van der Waals surface area contributed by atoms with Gasteiger partial charge in [0.25, 0.3) is 0 Å². The maximum Gasteiger partial charge on any atom is 1.00 e. The number of benzene rings is 1. The van der Waals surface area contributed by atoms with Crippen LogP contribution in [0, 0.1) is 5.92 Å². The van der Waals surface area contributed by atoms with Gasteiger partial charge in [-0.25, -0.2) is 9.59 Å². The number of carboxylic acid groups (broad SMARTS) is 1. The van der Waals surface area contributed by atoms with Crippen LogP contribution in [-0.4, -0.2) is 144 Å². The molecule has 340 valence electrons. The number of nitrogens with one attached hydrogen (secondary N) is 2. The van der Waals surface area contributed by atoms with Crippen LogP contribution in [0.4, 0.5) is 10.5 Å². The van der Waals surface area contributed by atoms with Gasteiger partial charge in [-0.3, -0.25) is 33.8 Å². The zero-order chi connectivity index (χ0) is 46.3. The average Bonchev–Trinajstić information content (AvgIpc) is 3.81. The van der Waals surface area contributed by atoms with Gasteiger partial charge >= 0.3 is 71.3 Å². The Bertz CT molecular complexity index is 2210. The Balaban J connectivity index is 0.00000771. The number of amides is 1. The molecule has 3 fully saturated rings. The Morgan fingerprint density at radius 2 is 1.66 bits per heavy atom. The number of aliphatic imine (C=N–C) groups is 1. The monoisotopic (exact) mass is 907 g/mol. The van der Waals surface area contributed by atoms with Crippen molar-refractivity contribution in [1.82, 2.24) is 10.2 Å². The van der Waals surface area contributed by atoms with Gasteiger partial charge in [0, 0.05) is 64.2 Å². The number of nitrogens with two attached hydrogens (primary N) is 1. The predicted octanol–water partition coefficient (Wildman–Crippen LogP) is -4.04. The van der Waals surface area contributed by atoms with Gasteiger partial charge in [0.2, 0.25) is 11.6 Å². The van der Waals surface area contributed by atoms with Gasteiger partial charge in [-0.1, -0.05) is 0 Å². The first-order valence-electron chi connectivity index (χ1n) is 19.5. The largest absolute Gasteiger partial charge is 1.00 e. The van der Waals surface area contributed by atoms with E-state index in [0.717, 1.165) is 34.6 Å². The van der Waals surface area contributed by atoms with Crippen molar-refractivity contribution in [2.75, 3.05) is 32.2 Å². The molecule has 6 rings (SSSR count). The minimum absolute atomic E-state index is 0. The summed E-state index contributed by atoms with van der Waals surface area (Å²) < 4.78 is 44.6. The van der Waals surface area contributed by atoms with E-state index < -0.39 is 114 Å². The van der Waals surface area contributed by atoms with Crippen molar-refractivity contribution in [2.24, 2.45) is 16.6 Å². The van der Waals surface area contributed by atoms with Crippen molar-refractivity contribution in [3.63, 3.8) is 0 Å². The number of carboxylic acids is 1. The number of nitrogens with zero attached hydrogens (tertiary/aromatic N) is 2. The molecule has 4 aliphatic heterocycles. The number of esters is 4. The minimum Gasteiger partial charge on any atom is -0.862 e. The van der Waals surface area contributed by atoms with Gasteiger partial charge in [0.05, 0.1) is 29.8 Å². The van der Waals surface area contributed by atoms with E-state index in [9.17, 15) is 48.6 Å². The molecule has 0 aromatic heterocycles. The maximum absolute atomic E-state index is 14.4. The van der Waals surface area contributed by atoms with E-state index in [4.69, 9.17) is 43.6 Å². The van der Waals surface area contributed by atoms with Crippen LogP contribution in [0.5, 0.6) is 5.75 Å².